The molecule has 3 heterocycles. The number of pyridine rings is 1. The van der Waals surface area contributed by atoms with Crippen molar-refractivity contribution in [1.82, 2.24) is 15.3 Å². The highest BCUT2D eigenvalue weighted by molar-refractivity contribution is 7.12. The van der Waals surface area contributed by atoms with Gasteiger partial charge in [0.25, 0.3) is 5.91 Å². The van der Waals surface area contributed by atoms with E-state index >= 15 is 0 Å². The second-order valence-corrected chi connectivity index (χ2v) is 7.62. The quantitative estimate of drug-likeness (QED) is 0.437. The summed E-state index contributed by atoms with van der Waals surface area (Å²) in [6.45, 7) is 0.300. The Morgan fingerprint density at radius 1 is 1.28 bits per heavy atom. The van der Waals surface area contributed by atoms with Gasteiger partial charge in [-0.05, 0) is 58.8 Å². The predicted octanol–water partition coefficient (Wildman–Crippen LogP) is 3.65. The number of rotatable bonds is 7. The first-order chi connectivity index (χ1) is 14.2. The molecule has 3 aromatic heterocycles. The van der Waals surface area contributed by atoms with E-state index in [1.165, 1.54) is 11.3 Å². The van der Waals surface area contributed by atoms with E-state index in [9.17, 15) is 4.79 Å². The number of nitrogens with one attached hydrogen (secondary N) is 2. The lowest BCUT2D eigenvalue weighted by Crippen LogP contribution is -2.33. The second kappa shape index (κ2) is 8.46. The van der Waals surface area contributed by atoms with Crippen LogP contribution in [0.15, 0.2) is 60.2 Å². The van der Waals surface area contributed by atoms with E-state index in [-0.39, 0.29) is 11.9 Å². The lowest BCUT2D eigenvalue weighted by molar-refractivity contribution is 0.0941. The number of nitrogens with two attached hydrogens (primary N) is 1. The van der Waals surface area contributed by atoms with Crippen molar-refractivity contribution in [1.29, 1.82) is 0 Å². The van der Waals surface area contributed by atoms with E-state index in [4.69, 9.17) is 10.5 Å². The third kappa shape index (κ3) is 4.01. The molecule has 0 aliphatic rings. The molecule has 0 saturated heterocycles. The molecule has 29 heavy (non-hydrogen) atoms. The van der Waals surface area contributed by atoms with Crippen molar-refractivity contribution >= 4 is 28.3 Å². The molecule has 1 aromatic carbocycles. The Morgan fingerprint density at radius 2 is 2.17 bits per heavy atom. The molecule has 0 saturated carbocycles. The molecule has 0 spiro atoms. The Kier molecular flexibility index (Phi) is 5.59. The number of thiophene rings is 1. The van der Waals surface area contributed by atoms with Crippen LogP contribution in [0.3, 0.4) is 0 Å². The van der Waals surface area contributed by atoms with Gasteiger partial charge < -0.3 is 20.8 Å². The minimum atomic E-state index is -0.287. The van der Waals surface area contributed by atoms with E-state index in [2.05, 4.69) is 15.3 Å². The van der Waals surface area contributed by atoms with Gasteiger partial charge in [0.05, 0.1) is 18.0 Å². The Labute approximate surface area is 172 Å². The molecule has 7 heteroatoms. The number of aromatic amines is 1. The molecule has 1 amide bonds. The zero-order valence-electron chi connectivity index (χ0n) is 16.0. The van der Waals surface area contributed by atoms with E-state index < -0.39 is 0 Å². The number of hydrogen-bond donors (Lipinski definition) is 3. The second-order valence-electron chi connectivity index (χ2n) is 6.70. The summed E-state index contributed by atoms with van der Waals surface area (Å²) in [6, 6.07) is 13.3. The van der Waals surface area contributed by atoms with Gasteiger partial charge >= 0.3 is 0 Å². The molecule has 4 aromatic rings. The molecular weight excluding hydrogens is 384 g/mol. The number of carbonyl (C=O) groups is 1. The average molecular weight is 407 g/mol. The number of aromatic nitrogens is 2. The number of hydrogen-bond acceptors (Lipinski definition) is 5. The Hall–Kier alpha value is -3.16. The molecule has 0 aliphatic carbocycles. The number of fused-ring (bicyclic) bond motifs is 1. The van der Waals surface area contributed by atoms with Gasteiger partial charge in [0.2, 0.25) is 0 Å². The Bertz CT molecular complexity index is 1130. The number of nitrogens with zero attached hydrogens (tertiary/aromatic N) is 1. The van der Waals surface area contributed by atoms with Crippen molar-refractivity contribution in [2.24, 2.45) is 5.73 Å². The maximum absolute atomic E-state index is 13.0. The first-order valence-electron chi connectivity index (χ1n) is 9.32. The highest BCUT2D eigenvalue weighted by atomic mass is 32.1. The van der Waals surface area contributed by atoms with Crippen LogP contribution in [0.4, 0.5) is 0 Å². The van der Waals surface area contributed by atoms with Crippen LogP contribution in [-0.2, 0) is 6.42 Å². The smallest absolute Gasteiger partial charge is 0.262 e. The minimum absolute atomic E-state index is 0.118. The molecule has 0 aliphatic heterocycles. The Balaban J connectivity index is 1.55. The van der Waals surface area contributed by atoms with Crippen molar-refractivity contribution in [3.63, 3.8) is 0 Å². The van der Waals surface area contributed by atoms with Crippen LogP contribution >= 0.6 is 11.3 Å². The highest BCUT2D eigenvalue weighted by Gasteiger charge is 2.19. The van der Waals surface area contributed by atoms with Gasteiger partial charge in [0.1, 0.15) is 11.4 Å². The monoisotopic (exact) mass is 406 g/mol. The van der Waals surface area contributed by atoms with Crippen LogP contribution in [-0.4, -0.2) is 29.5 Å². The van der Waals surface area contributed by atoms with E-state index in [0.717, 1.165) is 33.5 Å². The fourth-order valence-electron chi connectivity index (χ4n) is 3.41. The zero-order valence-corrected chi connectivity index (χ0v) is 16.8. The topological polar surface area (TPSA) is 93.0 Å². The van der Waals surface area contributed by atoms with E-state index in [1.54, 1.807) is 13.3 Å². The molecule has 4 N–H and O–H groups in total. The molecule has 148 valence electrons. The van der Waals surface area contributed by atoms with Crippen molar-refractivity contribution in [2.45, 2.75) is 12.5 Å². The molecule has 1 atom stereocenters. The maximum Gasteiger partial charge on any atom is 0.262 e. The molecule has 0 bridgehead atoms. The number of H-pyrrole nitrogens is 1. The normalized spacial score (nSPS) is 12.1. The highest BCUT2D eigenvalue weighted by Crippen LogP contribution is 2.25. The van der Waals surface area contributed by atoms with Crippen LogP contribution in [0.2, 0.25) is 0 Å². The third-order valence-corrected chi connectivity index (χ3v) is 5.88. The van der Waals surface area contributed by atoms with Gasteiger partial charge in [-0.25, -0.2) is 4.98 Å². The zero-order chi connectivity index (χ0) is 20.2. The predicted molar refractivity (Wildman–Crippen MR) is 115 cm³/mol. The van der Waals surface area contributed by atoms with E-state index in [0.29, 0.717) is 17.8 Å². The fraction of sp³-hybridized carbons (Fsp3) is 0.182. The van der Waals surface area contributed by atoms with Crippen LogP contribution in [0.1, 0.15) is 32.4 Å². The number of carbonyl (C=O) groups excluding carboxylic acids is 1. The number of ether oxygens (including phenoxy) is 1. The first kappa shape index (κ1) is 19.2. The van der Waals surface area contributed by atoms with Crippen molar-refractivity contribution in [3.05, 3.63) is 81.8 Å². The molecular formula is C22H22N4O2S. The van der Waals surface area contributed by atoms with Gasteiger partial charge in [-0.2, -0.15) is 0 Å². The molecule has 0 fully saturated rings. The third-order valence-electron chi connectivity index (χ3n) is 4.92. The van der Waals surface area contributed by atoms with Crippen LogP contribution in [0, 0.1) is 0 Å². The first-order valence-corrected chi connectivity index (χ1v) is 10.2. The molecule has 0 radical (unpaired) electrons. The average Bonchev–Trinajstić information content (AvgIpc) is 3.42. The molecule has 0 unspecified atom stereocenters. The minimum Gasteiger partial charge on any atom is -0.497 e. The van der Waals surface area contributed by atoms with Crippen LogP contribution in [0.5, 0.6) is 5.75 Å². The van der Waals surface area contributed by atoms with Gasteiger partial charge in [0, 0.05) is 24.3 Å². The number of benzene rings is 1. The fourth-order valence-corrected chi connectivity index (χ4v) is 4.24. The summed E-state index contributed by atoms with van der Waals surface area (Å²) in [5.41, 5.74) is 9.84. The summed E-state index contributed by atoms with van der Waals surface area (Å²) in [5.74, 6) is 0.618. The van der Waals surface area contributed by atoms with Gasteiger partial charge in [-0.1, -0.05) is 12.1 Å². The van der Waals surface area contributed by atoms with E-state index in [1.807, 2.05) is 54.0 Å². The lowest BCUT2D eigenvalue weighted by Gasteiger charge is -2.18. The van der Waals surface area contributed by atoms with Crippen LogP contribution in [0.25, 0.3) is 11.0 Å². The summed E-state index contributed by atoms with van der Waals surface area (Å²) < 4.78 is 5.28. The Morgan fingerprint density at radius 3 is 3.00 bits per heavy atom. The van der Waals surface area contributed by atoms with Crippen LogP contribution < -0.4 is 15.8 Å². The van der Waals surface area contributed by atoms with Gasteiger partial charge in [-0.15, -0.1) is 11.3 Å². The molecule has 6 nitrogen and oxygen atoms in total. The molecule has 4 rings (SSSR count). The summed E-state index contributed by atoms with van der Waals surface area (Å²) in [6.07, 6.45) is 4.32. The summed E-state index contributed by atoms with van der Waals surface area (Å²) in [5, 5.41) is 6.09. The van der Waals surface area contributed by atoms with Gasteiger partial charge in [-0.3, -0.25) is 4.79 Å². The standard InChI is InChI=1S/C22H22N4O2S/c1-28-17-4-2-3-15(12-17)19(13-23)26-22(27)20-16(7-10-29-20)11-14-5-8-24-21-18(14)6-9-25-21/h2-10,12,19H,11,13,23H2,1H3,(H,24,25)(H,26,27)/t19-/m1/s1. The number of amides is 1. The van der Waals surface area contributed by atoms with Crippen molar-refractivity contribution < 1.29 is 9.53 Å². The van der Waals surface area contributed by atoms with Crippen molar-refractivity contribution in [3.8, 4) is 5.75 Å². The van der Waals surface area contributed by atoms with Crippen molar-refractivity contribution in [2.75, 3.05) is 13.7 Å². The van der Waals surface area contributed by atoms with Gasteiger partial charge in [0.15, 0.2) is 0 Å². The maximum atomic E-state index is 13.0. The lowest BCUT2D eigenvalue weighted by atomic mass is 10.0. The SMILES string of the molecule is COc1cccc([C@@H](CN)NC(=O)c2sccc2Cc2ccnc3[nH]ccc23)c1. The summed E-state index contributed by atoms with van der Waals surface area (Å²) >= 11 is 1.44. The summed E-state index contributed by atoms with van der Waals surface area (Å²) in [7, 11) is 1.62. The summed E-state index contributed by atoms with van der Waals surface area (Å²) in [4.78, 5) is 21.2. The largest absolute Gasteiger partial charge is 0.497 e. The number of methoxy groups -OCH3 is 1.